The van der Waals surface area contributed by atoms with Crippen molar-refractivity contribution in [2.24, 2.45) is 5.84 Å². The third-order valence-electron chi connectivity index (χ3n) is 3.67. The van der Waals surface area contributed by atoms with Gasteiger partial charge in [-0.05, 0) is 54.7 Å². The van der Waals surface area contributed by atoms with Crippen LogP contribution in [0.4, 0.5) is 0 Å². The molecule has 4 heteroatoms. The van der Waals surface area contributed by atoms with Crippen molar-refractivity contribution >= 4 is 11.6 Å². The first-order valence-corrected chi connectivity index (χ1v) is 7.28. The lowest BCUT2D eigenvalue weighted by Crippen LogP contribution is -2.29. The van der Waals surface area contributed by atoms with E-state index in [1.54, 1.807) is 7.11 Å². The molecule has 0 aliphatic carbocycles. The Labute approximate surface area is 131 Å². The first kappa shape index (κ1) is 15.8. The zero-order valence-electron chi connectivity index (χ0n) is 12.6. The van der Waals surface area contributed by atoms with Gasteiger partial charge in [-0.2, -0.15) is 0 Å². The quantitative estimate of drug-likeness (QED) is 0.654. The summed E-state index contributed by atoms with van der Waals surface area (Å²) >= 11 is 6.31. The van der Waals surface area contributed by atoms with Crippen molar-refractivity contribution in [3.05, 3.63) is 63.7 Å². The van der Waals surface area contributed by atoms with Crippen LogP contribution >= 0.6 is 11.6 Å². The minimum atomic E-state index is -0.0142. The van der Waals surface area contributed by atoms with Crippen molar-refractivity contribution in [2.75, 3.05) is 7.11 Å². The zero-order chi connectivity index (χ0) is 15.4. The van der Waals surface area contributed by atoms with Gasteiger partial charge in [0.25, 0.3) is 0 Å². The van der Waals surface area contributed by atoms with Crippen LogP contribution in [0.3, 0.4) is 0 Å². The summed E-state index contributed by atoms with van der Waals surface area (Å²) < 4.78 is 5.38. The Kier molecular flexibility index (Phi) is 5.23. The predicted molar refractivity (Wildman–Crippen MR) is 87.7 cm³/mol. The number of methoxy groups -OCH3 is 1. The largest absolute Gasteiger partial charge is 0.496 e. The fourth-order valence-corrected chi connectivity index (χ4v) is 2.68. The second kappa shape index (κ2) is 6.94. The molecule has 0 saturated carbocycles. The molecule has 0 radical (unpaired) electrons. The molecule has 0 spiro atoms. The molecule has 0 bridgehead atoms. The molecule has 1 unspecified atom stereocenters. The normalized spacial score (nSPS) is 12.2. The van der Waals surface area contributed by atoms with Crippen molar-refractivity contribution in [2.45, 2.75) is 26.3 Å². The smallest absolute Gasteiger partial charge is 0.122 e. The number of aryl methyl sites for hydroxylation is 2. The van der Waals surface area contributed by atoms with Gasteiger partial charge in [0, 0.05) is 5.02 Å². The summed E-state index contributed by atoms with van der Waals surface area (Å²) in [5.41, 5.74) is 7.27. The Morgan fingerprint density at radius 2 is 1.95 bits per heavy atom. The van der Waals surface area contributed by atoms with Crippen LogP contribution in [0.15, 0.2) is 36.4 Å². The summed E-state index contributed by atoms with van der Waals surface area (Å²) in [6.07, 6.45) is 0.724. The molecule has 2 rings (SSSR count). The van der Waals surface area contributed by atoms with E-state index in [9.17, 15) is 0 Å². The summed E-state index contributed by atoms with van der Waals surface area (Å²) in [5, 5.41) is 0.773. The zero-order valence-corrected chi connectivity index (χ0v) is 13.4. The SMILES string of the molecule is COc1cc(C(Cc2ccc(C)cc2Cl)NN)ccc1C. The van der Waals surface area contributed by atoms with Gasteiger partial charge in [-0.3, -0.25) is 11.3 Å². The van der Waals surface area contributed by atoms with Crippen LogP contribution in [-0.2, 0) is 6.42 Å². The number of benzene rings is 2. The number of hydrogen-bond donors (Lipinski definition) is 2. The van der Waals surface area contributed by atoms with E-state index < -0.39 is 0 Å². The lowest BCUT2D eigenvalue weighted by molar-refractivity contribution is 0.410. The maximum Gasteiger partial charge on any atom is 0.122 e. The van der Waals surface area contributed by atoms with E-state index in [2.05, 4.69) is 17.6 Å². The maximum absolute atomic E-state index is 6.31. The van der Waals surface area contributed by atoms with E-state index >= 15 is 0 Å². The number of hydrogen-bond acceptors (Lipinski definition) is 3. The molecule has 21 heavy (non-hydrogen) atoms. The van der Waals surface area contributed by atoms with Crippen LogP contribution in [0.5, 0.6) is 5.75 Å². The van der Waals surface area contributed by atoms with Gasteiger partial charge in [-0.15, -0.1) is 0 Å². The molecule has 0 fully saturated rings. The van der Waals surface area contributed by atoms with E-state index in [0.717, 1.165) is 39.4 Å². The van der Waals surface area contributed by atoms with Crippen molar-refractivity contribution < 1.29 is 4.74 Å². The van der Waals surface area contributed by atoms with Crippen LogP contribution in [0.25, 0.3) is 0 Å². The average molecular weight is 305 g/mol. The van der Waals surface area contributed by atoms with Crippen LogP contribution in [0.1, 0.15) is 28.3 Å². The number of ether oxygens (including phenoxy) is 1. The average Bonchev–Trinajstić information content (AvgIpc) is 2.47. The van der Waals surface area contributed by atoms with E-state index in [1.807, 2.05) is 38.1 Å². The van der Waals surface area contributed by atoms with Gasteiger partial charge < -0.3 is 4.74 Å². The highest BCUT2D eigenvalue weighted by atomic mass is 35.5. The molecule has 0 aromatic heterocycles. The molecule has 0 saturated heterocycles. The molecule has 2 aromatic rings. The molecule has 0 amide bonds. The Balaban J connectivity index is 2.27. The number of halogens is 1. The van der Waals surface area contributed by atoms with Crippen LogP contribution in [-0.4, -0.2) is 7.11 Å². The summed E-state index contributed by atoms with van der Waals surface area (Å²) in [6, 6.07) is 12.2. The lowest BCUT2D eigenvalue weighted by atomic mass is 9.97. The number of nitrogens with two attached hydrogens (primary N) is 1. The third-order valence-corrected chi connectivity index (χ3v) is 4.02. The summed E-state index contributed by atoms with van der Waals surface area (Å²) in [4.78, 5) is 0. The fraction of sp³-hybridized carbons (Fsp3) is 0.294. The Bertz CT molecular complexity index is 628. The molecule has 112 valence electrons. The van der Waals surface area contributed by atoms with Crippen molar-refractivity contribution in [3.8, 4) is 5.75 Å². The highest BCUT2D eigenvalue weighted by molar-refractivity contribution is 6.31. The molecule has 0 aliphatic heterocycles. The first-order chi connectivity index (χ1) is 10.0. The van der Waals surface area contributed by atoms with E-state index in [-0.39, 0.29) is 6.04 Å². The molecule has 1 atom stereocenters. The van der Waals surface area contributed by atoms with Gasteiger partial charge in [0.1, 0.15) is 5.75 Å². The van der Waals surface area contributed by atoms with Crippen LogP contribution in [0, 0.1) is 13.8 Å². The van der Waals surface area contributed by atoms with Gasteiger partial charge in [0.2, 0.25) is 0 Å². The van der Waals surface area contributed by atoms with Gasteiger partial charge in [0.05, 0.1) is 13.2 Å². The molecule has 0 aliphatic rings. The predicted octanol–water partition coefficient (Wildman–Crippen LogP) is 3.71. The Hall–Kier alpha value is -1.55. The Morgan fingerprint density at radius 3 is 2.57 bits per heavy atom. The van der Waals surface area contributed by atoms with Crippen LogP contribution in [0.2, 0.25) is 5.02 Å². The molecule has 3 N–H and O–H groups in total. The standard InChI is InChI=1S/C17H21ClN2O/c1-11-4-6-13(15(18)8-11)9-16(20-19)14-7-5-12(2)17(10-14)21-3/h4-8,10,16,20H,9,19H2,1-3H3. The molecular formula is C17H21ClN2O. The second-order valence-electron chi connectivity index (χ2n) is 5.25. The molecule has 3 nitrogen and oxygen atoms in total. The summed E-state index contributed by atoms with van der Waals surface area (Å²) in [7, 11) is 1.67. The third kappa shape index (κ3) is 3.76. The highest BCUT2D eigenvalue weighted by Crippen LogP contribution is 2.27. The minimum absolute atomic E-state index is 0.0142. The lowest BCUT2D eigenvalue weighted by Gasteiger charge is -2.19. The van der Waals surface area contributed by atoms with Gasteiger partial charge in [-0.25, -0.2) is 0 Å². The number of rotatable bonds is 5. The second-order valence-corrected chi connectivity index (χ2v) is 5.65. The first-order valence-electron chi connectivity index (χ1n) is 6.91. The van der Waals surface area contributed by atoms with Crippen LogP contribution < -0.4 is 16.0 Å². The van der Waals surface area contributed by atoms with Gasteiger partial charge in [-0.1, -0.05) is 35.9 Å². The minimum Gasteiger partial charge on any atom is -0.496 e. The maximum atomic E-state index is 6.31. The highest BCUT2D eigenvalue weighted by Gasteiger charge is 2.14. The summed E-state index contributed by atoms with van der Waals surface area (Å²) in [5.74, 6) is 6.59. The van der Waals surface area contributed by atoms with E-state index in [0.29, 0.717) is 0 Å². The number of nitrogens with one attached hydrogen (secondary N) is 1. The fourth-order valence-electron chi connectivity index (χ4n) is 2.36. The van der Waals surface area contributed by atoms with Gasteiger partial charge in [0.15, 0.2) is 0 Å². The van der Waals surface area contributed by atoms with Crippen molar-refractivity contribution in [1.82, 2.24) is 5.43 Å². The monoisotopic (exact) mass is 304 g/mol. The molecule has 2 aromatic carbocycles. The Morgan fingerprint density at radius 1 is 1.19 bits per heavy atom. The number of hydrazine groups is 1. The summed E-state index contributed by atoms with van der Waals surface area (Å²) in [6.45, 7) is 4.05. The molecular weight excluding hydrogens is 284 g/mol. The van der Waals surface area contributed by atoms with E-state index in [1.165, 1.54) is 0 Å². The van der Waals surface area contributed by atoms with E-state index in [4.69, 9.17) is 22.2 Å². The topological polar surface area (TPSA) is 47.3 Å². The van der Waals surface area contributed by atoms with Gasteiger partial charge >= 0.3 is 0 Å². The van der Waals surface area contributed by atoms with Crippen molar-refractivity contribution in [3.63, 3.8) is 0 Å². The van der Waals surface area contributed by atoms with Crippen molar-refractivity contribution in [1.29, 1.82) is 0 Å². The molecule has 0 heterocycles.